The Hall–Kier alpha value is -0.700. The lowest BCUT2D eigenvalue weighted by atomic mass is 10.0. The van der Waals surface area contributed by atoms with E-state index in [0.717, 1.165) is 12.0 Å². The topological polar surface area (TPSA) is 0 Å². The molecular formula is C17H30. The first-order chi connectivity index (χ1) is 8.31. The molecule has 0 bridgehead atoms. The Morgan fingerprint density at radius 2 is 1.24 bits per heavy atom. The number of allylic oxidation sites excluding steroid dienone is 1. The molecule has 0 aromatic carbocycles. The van der Waals surface area contributed by atoms with Crippen LogP contribution in [0.5, 0.6) is 0 Å². The number of unbranched alkanes of at least 4 members (excludes halogenated alkanes) is 10. The molecule has 0 N–H and O–H groups in total. The SMILES string of the molecule is C#CC(=C)CCCCCCCCCCCCC. The van der Waals surface area contributed by atoms with E-state index >= 15 is 0 Å². The van der Waals surface area contributed by atoms with Gasteiger partial charge in [-0.25, -0.2) is 0 Å². The molecule has 98 valence electrons. The summed E-state index contributed by atoms with van der Waals surface area (Å²) in [5.41, 5.74) is 0.959. The van der Waals surface area contributed by atoms with Gasteiger partial charge >= 0.3 is 0 Å². The summed E-state index contributed by atoms with van der Waals surface area (Å²) in [6.07, 6.45) is 21.5. The molecule has 0 saturated carbocycles. The van der Waals surface area contributed by atoms with Crippen molar-refractivity contribution in [3.63, 3.8) is 0 Å². The lowest BCUT2D eigenvalue weighted by Crippen LogP contribution is -1.83. The zero-order valence-electron chi connectivity index (χ0n) is 11.8. The molecule has 0 atom stereocenters. The molecule has 17 heavy (non-hydrogen) atoms. The summed E-state index contributed by atoms with van der Waals surface area (Å²) in [5, 5.41) is 0. The number of rotatable bonds is 12. The Labute approximate surface area is 109 Å². The summed E-state index contributed by atoms with van der Waals surface area (Å²) in [5.74, 6) is 2.61. The van der Waals surface area contributed by atoms with E-state index in [2.05, 4.69) is 19.4 Å². The van der Waals surface area contributed by atoms with Gasteiger partial charge in [0.2, 0.25) is 0 Å². The molecule has 0 heterocycles. The minimum Gasteiger partial charge on any atom is -0.115 e. The molecule has 0 aliphatic carbocycles. The van der Waals surface area contributed by atoms with Crippen LogP contribution in [0.3, 0.4) is 0 Å². The van der Waals surface area contributed by atoms with Gasteiger partial charge in [-0.05, 0) is 18.4 Å². The minimum absolute atomic E-state index is 0.959. The van der Waals surface area contributed by atoms with Gasteiger partial charge in [-0.2, -0.15) is 0 Å². The number of hydrogen-bond acceptors (Lipinski definition) is 0. The van der Waals surface area contributed by atoms with Crippen LogP contribution < -0.4 is 0 Å². The first kappa shape index (κ1) is 16.3. The maximum atomic E-state index is 5.25. The van der Waals surface area contributed by atoms with Crippen LogP contribution in [0.15, 0.2) is 12.2 Å². The Balaban J connectivity index is 2.99. The average molecular weight is 234 g/mol. The van der Waals surface area contributed by atoms with E-state index in [9.17, 15) is 0 Å². The zero-order valence-corrected chi connectivity index (χ0v) is 11.8. The van der Waals surface area contributed by atoms with E-state index in [4.69, 9.17) is 6.42 Å². The van der Waals surface area contributed by atoms with Crippen molar-refractivity contribution in [2.45, 2.75) is 84.0 Å². The molecule has 0 aromatic rings. The van der Waals surface area contributed by atoms with Crippen LogP contribution in [-0.4, -0.2) is 0 Å². The van der Waals surface area contributed by atoms with Crippen molar-refractivity contribution in [1.82, 2.24) is 0 Å². The summed E-state index contributed by atoms with van der Waals surface area (Å²) in [6.45, 7) is 6.09. The summed E-state index contributed by atoms with van der Waals surface area (Å²) in [7, 11) is 0. The van der Waals surface area contributed by atoms with Crippen LogP contribution in [0.1, 0.15) is 84.0 Å². The second-order valence-corrected chi connectivity index (χ2v) is 5.03. The molecule has 0 aromatic heterocycles. The number of terminal acetylenes is 1. The quantitative estimate of drug-likeness (QED) is 0.292. The summed E-state index contributed by atoms with van der Waals surface area (Å²) < 4.78 is 0. The normalized spacial score (nSPS) is 10.1. The van der Waals surface area contributed by atoms with Gasteiger partial charge < -0.3 is 0 Å². The van der Waals surface area contributed by atoms with Crippen molar-refractivity contribution >= 4 is 0 Å². The molecule has 0 unspecified atom stereocenters. The molecule has 0 nitrogen and oxygen atoms in total. The number of hydrogen-bond donors (Lipinski definition) is 0. The lowest BCUT2D eigenvalue weighted by Gasteiger charge is -2.02. The molecule has 0 rings (SSSR count). The summed E-state index contributed by atoms with van der Waals surface area (Å²) in [6, 6.07) is 0. The molecule has 0 aliphatic rings. The van der Waals surface area contributed by atoms with Gasteiger partial charge in [0, 0.05) is 0 Å². The summed E-state index contributed by atoms with van der Waals surface area (Å²) in [4.78, 5) is 0. The predicted molar refractivity (Wildman–Crippen MR) is 79.1 cm³/mol. The smallest absolute Gasteiger partial charge is 0.00542 e. The van der Waals surface area contributed by atoms with Crippen molar-refractivity contribution in [2.24, 2.45) is 0 Å². The third kappa shape index (κ3) is 13.2. The molecule has 0 spiro atoms. The van der Waals surface area contributed by atoms with Crippen LogP contribution in [0, 0.1) is 12.3 Å². The second kappa shape index (κ2) is 13.4. The van der Waals surface area contributed by atoms with Gasteiger partial charge in [0.15, 0.2) is 0 Å². The van der Waals surface area contributed by atoms with Crippen molar-refractivity contribution in [1.29, 1.82) is 0 Å². The fourth-order valence-electron chi connectivity index (χ4n) is 2.07. The molecule has 0 saturated heterocycles. The zero-order chi connectivity index (χ0) is 12.8. The largest absolute Gasteiger partial charge is 0.115 e. The average Bonchev–Trinajstić information content (AvgIpc) is 2.35. The van der Waals surface area contributed by atoms with E-state index in [-0.39, 0.29) is 0 Å². The fourth-order valence-corrected chi connectivity index (χ4v) is 2.07. The van der Waals surface area contributed by atoms with E-state index < -0.39 is 0 Å². The highest BCUT2D eigenvalue weighted by Crippen LogP contribution is 2.12. The molecule has 0 aliphatic heterocycles. The van der Waals surface area contributed by atoms with Gasteiger partial charge in [0.05, 0.1) is 0 Å². The molecule has 0 heteroatoms. The highest BCUT2D eigenvalue weighted by Gasteiger charge is 1.93. The van der Waals surface area contributed by atoms with Crippen molar-refractivity contribution in [2.75, 3.05) is 0 Å². The first-order valence-electron chi connectivity index (χ1n) is 7.45. The van der Waals surface area contributed by atoms with E-state index in [1.54, 1.807) is 0 Å². The first-order valence-corrected chi connectivity index (χ1v) is 7.45. The predicted octanol–water partition coefficient (Wildman–Crippen LogP) is 5.88. The lowest BCUT2D eigenvalue weighted by molar-refractivity contribution is 0.550. The Kier molecular flexibility index (Phi) is 12.8. The monoisotopic (exact) mass is 234 g/mol. The Morgan fingerprint density at radius 3 is 1.65 bits per heavy atom. The minimum atomic E-state index is 0.959. The van der Waals surface area contributed by atoms with Crippen LogP contribution in [-0.2, 0) is 0 Å². The van der Waals surface area contributed by atoms with Crippen LogP contribution in [0.25, 0.3) is 0 Å². The second-order valence-electron chi connectivity index (χ2n) is 5.03. The Bertz CT molecular complexity index is 207. The standard InChI is InChI=1S/C17H30/c1-4-6-7-8-9-10-11-12-13-14-15-16-17(3)5-2/h2H,3-4,6-16H2,1H3. The van der Waals surface area contributed by atoms with Crippen molar-refractivity contribution in [3.05, 3.63) is 12.2 Å². The van der Waals surface area contributed by atoms with Gasteiger partial charge in [-0.3, -0.25) is 0 Å². The third-order valence-electron chi connectivity index (χ3n) is 3.29. The maximum Gasteiger partial charge on any atom is -0.00542 e. The summed E-state index contributed by atoms with van der Waals surface area (Å²) >= 11 is 0. The van der Waals surface area contributed by atoms with E-state index in [1.165, 1.54) is 70.6 Å². The van der Waals surface area contributed by atoms with Crippen LogP contribution in [0.2, 0.25) is 0 Å². The van der Waals surface area contributed by atoms with Gasteiger partial charge in [-0.15, -0.1) is 6.42 Å². The fraction of sp³-hybridized carbons (Fsp3) is 0.765. The van der Waals surface area contributed by atoms with Crippen molar-refractivity contribution in [3.8, 4) is 12.3 Å². The molecule has 0 radical (unpaired) electrons. The van der Waals surface area contributed by atoms with Gasteiger partial charge in [0.25, 0.3) is 0 Å². The maximum absolute atomic E-state index is 5.25. The van der Waals surface area contributed by atoms with Crippen LogP contribution >= 0.6 is 0 Å². The molecule has 0 amide bonds. The van der Waals surface area contributed by atoms with Gasteiger partial charge in [0.1, 0.15) is 0 Å². The highest BCUT2D eigenvalue weighted by atomic mass is 14.0. The van der Waals surface area contributed by atoms with Gasteiger partial charge in [-0.1, -0.05) is 83.6 Å². The highest BCUT2D eigenvalue weighted by molar-refractivity contribution is 5.20. The Morgan fingerprint density at radius 1 is 0.824 bits per heavy atom. The molecular weight excluding hydrogens is 204 g/mol. The molecule has 0 fully saturated rings. The van der Waals surface area contributed by atoms with E-state index in [1.807, 2.05) is 0 Å². The van der Waals surface area contributed by atoms with E-state index in [0.29, 0.717) is 0 Å². The van der Waals surface area contributed by atoms with Crippen molar-refractivity contribution < 1.29 is 0 Å². The van der Waals surface area contributed by atoms with Crippen LogP contribution in [0.4, 0.5) is 0 Å². The third-order valence-corrected chi connectivity index (χ3v) is 3.29.